The number of hydrogen-bond acceptors (Lipinski definition) is 3. The summed E-state index contributed by atoms with van der Waals surface area (Å²) >= 11 is 0. The molecule has 0 heterocycles. The molecule has 17 heavy (non-hydrogen) atoms. The molecule has 0 bridgehead atoms. The lowest BCUT2D eigenvalue weighted by Gasteiger charge is -2.33. The maximum absolute atomic E-state index is 6.33. The predicted molar refractivity (Wildman–Crippen MR) is 68.5 cm³/mol. The SMILES string of the molecule is COc1ccccc1OCC1(N)CCCCC1. The first kappa shape index (κ1) is 12.2. The fourth-order valence-corrected chi connectivity index (χ4v) is 2.36. The lowest BCUT2D eigenvalue weighted by Crippen LogP contribution is -2.47. The summed E-state index contributed by atoms with van der Waals surface area (Å²) in [6, 6.07) is 7.71. The second kappa shape index (κ2) is 5.41. The van der Waals surface area contributed by atoms with Gasteiger partial charge in [0, 0.05) is 0 Å². The van der Waals surface area contributed by atoms with Gasteiger partial charge in [-0.1, -0.05) is 31.4 Å². The number of rotatable bonds is 4. The van der Waals surface area contributed by atoms with E-state index in [9.17, 15) is 0 Å². The molecule has 1 aliphatic rings. The highest BCUT2D eigenvalue weighted by atomic mass is 16.5. The van der Waals surface area contributed by atoms with Gasteiger partial charge in [-0.05, 0) is 25.0 Å². The molecule has 1 aromatic carbocycles. The van der Waals surface area contributed by atoms with Crippen LogP contribution in [0.1, 0.15) is 32.1 Å². The van der Waals surface area contributed by atoms with Crippen LogP contribution in [0.4, 0.5) is 0 Å². The summed E-state index contributed by atoms with van der Waals surface area (Å²) in [7, 11) is 1.65. The van der Waals surface area contributed by atoms with Gasteiger partial charge in [0.15, 0.2) is 11.5 Å². The van der Waals surface area contributed by atoms with Gasteiger partial charge in [-0.15, -0.1) is 0 Å². The van der Waals surface area contributed by atoms with Crippen LogP contribution in [0, 0.1) is 0 Å². The van der Waals surface area contributed by atoms with Crippen LogP contribution < -0.4 is 15.2 Å². The molecule has 0 amide bonds. The third-order valence-electron chi connectivity index (χ3n) is 3.43. The van der Waals surface area contributed by atoms with Crippen LogP contribution in [0.15, 0.2) is 24.3 Å². The third kappa shape index (κ3) is 3.13. The second-order valence-corrected chi connectivity index (χ2v) is 4.86. The normalized spacial score (nSPS) is 18.7. The Labute approximate surface area is 103 Å². The average Bonchev–Trinajstić information content (AvgIpc) is 2.38. The molecular weight excluding hydrogens is 214 g/mol. The lowest BCUT2D eigenvalue weighted by molar-refractivity contribution is 0.169. The molecule has 1 saturated carbocycles. The average molecular weight is 235 g/mol. The minimum atomic E-state index is -0.154. The standard InChI is InChI=1S/C14H21NO2/c1-16-12-7-3-4-8-13(12)17-11-14(15)9-5-2-6-10-14/h3-4,7-8H,2,5-6,9-11,15H2,1H3. The van der Waals surface area contributed by atoms with E-state index in [4.69, 9.17) is 15.2 Å². The number of ether oxygens (including phenoxy) is 2. The molecule has 0 aliphatic heterocycles. The number of methoxy groups -OCH3 is 1. The third-order valence-corrected chi connectivity index (χ3v) is 3.43. The molecule has 0 spiro atoms. The van der Waals surface area contributed by atoms with Crippen molar-refractivity contribution in [2.24, 2.45) is 5.73 Å². The van der Waals surface area contributed by atoms with Gasteiger partial charge in [0.05, 0.1) is 12.6 Å². The molecule has 0 aromatic heterocycles. The number of nitrogens with two attached hydrogens (primary N) is 1. The van der Waals surface area contributed by atoms with Crippen LogP contribution in [0.2, 0.25) is 0 Å². The Morgan fingerprint density at radius 1 is 1.12 bits per heavy atom. The second-order valence-electron chi connectivity index (χ2n) is 4.86. The molecule has 3 nitrogen and oxygen atoms in total. The zero-order valence-electron chi connectivity index (χ0n) is 10.4. The van der Waals surface area contributed by atoms with Crippen molar-refractivity contribution in [3.63, 3.8) is 0 Å². The van der Waals surface area contributed by atoms with Crippen molar-refractivity contribution in [1.29, 1.82) is 0 Å². The van der Waals surface area contributed by atoms with Crippen LogP contribution in [0.3, 0.4) is 0 Å². The summed E-state index contributed by atoms with van der Waals surface area (Å²) in [4.78, 5) is 0. The monoisotopic (exact) mass is 235 g/mol. The Kier molecular flexibility index (Phi) is 3.89. The van der Waals surface area contributed by atoms with Crippen molar-refractivity contribution < 1.29 is 9.47 Å². The van der Waals surface area contributed by atoms with E-state index in [1.807, 2.05) is 24.3 Å². The molecule has 0 atom stereocenters. The zero-order chi connectivity index (χ0) is 12.1. The minimum Gasteiger partial charge on any atom is -0.493 e. The quantitative estimate of drug-likeness (QED) is 0.872. The van der Waals surface area contributed by atoms with E-state index >= 15 is 0 Å². The van der Waals surface area contributed by atoms with Gasteiger partial charge in [0.1, 0.15) is 6.61 Å². The molecule has 1 aromatic rings. The van der Waals surface area contributed by atoms with Gasteiger partial charge in [-0.3, -0.25) is 0 Å². The fourth-order valence-electron chi connectivity index (χ4n) is 2.36. The van der Waals surface area contributed by atoms with Gasteiger partial charge >= 0.3 is 0 Å². The van der Waals surface area contributed by atoms with E-state index < -0.39 is 0 Å². The highest BCUT2D eigenvalue weighted by molar-refractivity contribution is 5.39. The van der Waals surface area contributed by atoms with E-state index in [1.54, 1.807) is 7.11 Å². The molecule has 2 N–H and O–H groups in total. The molecule has 0 saturated heterocycles. The molecule has 94 valence electrons. The largest absolute Gasteiger partial charge is 0.493 e. The summed E-state index contributed by atoms with van der Waals surface area (Å²) in [5.74, 6) is 1.55. The Balaban J connectivity index is 1.96. The van der Waals surface area contributed by atoms with Gasteiger partial charge in [0.25, 0.3) is 0 Å². The molecule has 1 fully saturated rings. The molecule has 0 radical (unpaired) electrons. The van der Waals surface area contributed by atoms with E-state index in [0.29, 0.717) is 6.61 Å². The van der Waals surface area contributed by atoms with E-state index in [2.05, 4.69) is 0 Å². The van der Waals surface area contributed by atoms with Crippen molar-refractivity contribution in [2.75, 3.05) is 13.7 Å². The van der Waals surface area contributed by atoms with E-state index in [0.717, 1.165) is 24.3 Å². The van der Waals surface area contributed by atoms with Crippen molar-refractivity contribution in [1.82, 2.24) is 0 Å². The first-order valence-corrected chi connectivity index (χ1v) is 6.28. The van der Waals surface area contributed by atoms with Gasteiger partial charge in [-0.25, -0.2) is 0 Å². The highest BCUT2D eigenvalue weighted by Gasteiger charge is 2.28. The van der Waals surface area contributed by atoms with E-state index in [-0.39, 0.29) is 5.54 Å². The zero-order valence-corrected chi connectivity index (χ0v) is 10.4. The molecular formula is C14H21NO2. The van der Waals surface area contributed by atoms with Crippen molar-refractivity contribution >= 4 is 0 Å². The molecule has 0 unspecified atom stereocenters. The molecule has 1 aliphatic carbocycles. The van der Waals surface area contributed by atoms with Crippen LogP contribution in [-0.2, 0) is 0 Å². The molecule has 2 rings (SSSR count). The maximum Gasteiger partial charge on any atom is 0.161 e. The predicted octanol–water partition coefficient (Wildman–Crippen LogP) is 2.74. The van der Waals surface area contributed by atoms with Crippen molar-refractivity contribution in [3.8, 4) is 11.5 Å². The Hall–Kier alpha value is -1.22. The summed E-state index contributed by atoms with van der Waals surface area (Å²) in [5, 5.41) is 0. The van der Waals surface area contributed by atoms with E-state index in [1.165, 1.54) is 19.3 Å². The fraction of sp³-hybridized carbons (Fsp3) is 0.571. The summed E-state index contributed by atoms with van der Waals surface area (Å²) < 4.78 is 11.1. The summed E-state index contributed by atoms with van der Waals surface area (Å²) in [6.07, 6.45) is 5.84. The molecule has 3 heteroatoms. The van der Waals surface area contributed by atoms with Crippen LogP contribution in [-0.4, -0.2) is 19.3 Å². The van der Waals surface area contributed by atoms with Gasteiger partial charge in [0.2, 0.25) is 0 Å². The number of benzene rings is 1. The topological polar surface area (TPSA) is 44.5 Å². The first-order valence-electron chi connectivity index (χ1n) is 6.28. The summed E-state index contributed by atoms with van der Waals surface area (Å²) in [5.41, 5.74) is 6.18. The maximum atomic E-state index is 6.33. The summed E-state index contributed by atoms with van der Waals surface area (Å²) in [6.45, 7) is 0.577. The Morgan fingerprint density at radius 3 is 2.41 bits per heavy atom. The van der Waals surface area contributed by atoms with Crippen LogP contribution >= 0.6 is 0 Å². The van der Waals surface area contributed by atoms with Gasteiger partial charge in [-0.2, -0.15) is 0 Å². The number of para-hydroxylation sites is 2. The van der Waals surface area contributed by atoms with Crippen LogP contribution in [0.5, 0.6) is 11.5 Å². The Bertz CT molecular complexity index is 359. The number of hydrogen-bond donors (Lipinski definition) is 1. The van der Waals surface area contributed by atoms with Gasteiger partial charge < -0.3 is 15.2 Å². The highest BCUT2D eigenvalue weighted by Crippen LogP contribution is 2.30. The minimum absolute atomic E-state index is 0.154. The smallest absolute Gasteiger partial charge is 0.161 e. The van der Waals surface area contributed by atoms with Crippen molar-refractivity contribution in [3.05, 3.63) is 24.3 Å². The van der Waals surface area contributed by atoms with Crippen LogP contribution in [0.25, 0.3) is 0 Å². The lowest BCUT2D eigenvalue weighted by atomic mass is 9.83. The van der Waals surface area contributed by atoms with Crippen molar-refractivity contribution in [2.45, 2.75) is 37.6 Å². The first-order chi connectivity index (χ1) is 8.23. The Morgan fingerprint density at radius 2 is 1.76 bits per heavy atom.